The molecule has 24 heavy (non-hydrogen) atoms. The Bertz CT molecular complexity index is 641. The molecule has 2 heterocycles. The second-order valence-electron chi connectivity index (χ2n) is 6.74. The van der Waals surface area contributed by atoms with Gasteiger partial charge in [0.15, 0.2) is 0 Å². The van der Waals surface area contributed by atoms with Crippen LogP contribution in [0.25, 0.3) is 0 Å². The van der Waals surface area contributed by atoms with Gasteiger partial charge in [-0.15, -0.1) is 0 Å². The first-order chi connectivity index (χ1) is 11.7. The molecule has 4 nitrogen and oxygen atoms in total. The number of nitrogens with zero attached hydrogens (tertiary/aromatic N) is 3. The van der Waals surface area contributed by atoms with Crippen molar-refractivity contribution in [1.29, 1.82) is 0 Å². The molecule has 0 aliphatic carbocycles. The van der Waals surface area contributed by atoms with Gasteiger partial charge in [0.25, 0.3) is 0 Å². The molecule has 1 saturated heterocycles. The van der Waals surface area contributed by atoms with E-state index >= 15 is 0 Å². The highest BCUT2D eigenvalue weighted by Crippen LogP contribution is 2.22. The minimum atomic E-state index is 0.786. The Hall–Kier alpha value is -1.94. The van der Waals surface area contributed by atoms with Crippen molar-refractivity contribution in [2.75, 3.05) is 25.0 Å². The topological polar surface area (TPSA) is 41.1 Å². The number of benzene rings is 1. The number of rotatable bonds is 7. The van der Waals surface area contributed by atoms with E-state index in [1.807, 2.05) is 13.1 Å². The Kier molecular flexibility index (Phi) is 5.81. The van der Waals surface area contributed by atoms with E-state index in [0.717, 1.165) is 37.1 Å². The van der Waals surface area contributed by atoms with Gasteiger partial charge in [-0.3, -0.25) is 4.90 Å². The molecule has 3 rings (SSSR count). The zero-order valence-electron chi connectivity index (χ0n) is 14.8. The largest absolute Gasteiger partial charge is 0.370 e. The lowest BCUT2D eigenvalue weighted by Crippen LogP contribution is -2.21. The van der Waals surface area contributed by atoms with Gasteiger partial charge in [0.2, 0.25) is 0 Å². The molecule has 1 aromatic heterocycles. The van der Waals surface area contributed by atoms with Crippen molar-refractivity contribution in [3.8, 4) is 0 Å². The molecule has 1 fully saturated rings. The molecule has 0 saturated carbocycles. The SMILES string of the molecule is CCc1cnc(C)nc1NCCC1CCN(Cc2ccccc2)C1. The maximum Gasteiger partial charge on any atom is 0.132 e. The lowest BCUT2D eigenvalue weighted by molar-refractivity contribution is 0.314. The number of likely N-dealkylation sites (tertiary alicyclic amines) is 1. The van der Waals surface area contributed by atoms with Crippen LogP contribution in [0.5, 0.6) is 0 Å². The summed E-state index contributed by atoms with van der Waals surface area (Å²) in [5.41, 5.74) is 2.62. The molecule has 0 amide bonds. The summed E-state index contributed by atoms with van der Waals surface area (Å²) in [6.07, 6.45) is 5.42. The number of anilines is 1. The zero-order chi connectivity index (χ0) is 16.8. The summed E-state index contributed by atoms with van der Waals surface area (Å²) in [5.74, 6) is 2.64. The Morgan fingerprint density at radius 1 is 1.25 bits per heavy atom. The van der Waals surface area contributed by atoms with E-state index in [9.17, 15) is 0 Å². The fourth-order valence-electron chi connectivity index (χ4n) is 3.44. The van der Waals surface area contributed by atoms with E-state index in [1.165, 1.54) is 37.1 Å². The van der Waals surface area contributed by atoms with Crippen molar-refractivity contribution in [2.45, 2.75) is 39.7 Å². The van der Waals surface area contributed by atoms with E-state index in [0.29, 0.717) is 0 Å². The minimum Gasteiger partial charge on any atom is -0.370 e. The third kappa shape index (κ3) is 4.54. The molecular formula is C20H28N4. The number of hydrogen-bond donors (Lipinski definition) is 1. The van der Waals surface area contributed by atoms with Gasteiger partial charge in [0, 0.05) is 31.4 Å². The summed E-state index contributed by atoms with van der Waals surface area (Å²) < 4.78 is 0. The van der Waals surface area contributed by atoms with Crippen LogP contribution >= 0.6 is 0 Å². The predicted octanol–water partition coefficient (Wildman–Crippen LogP) is 3.67. The van der Waals surface area contributed by atoms with Gasteiger partial charge in [-0.25, -0.2) is 9.97 Å². The molecule has 0 radical (unpaired) electrons. The van der Waals surface area contributed by atoms with Crippen LogP contribution in [-0.4, -0.2) is 34.5 Å². The lowest BCUT2D eigenvalue weighted by atomic mass is 10.1. The van der Waals surface area contributed by atoms with Crippen molar-refractivity contribution in [3.63, 3.8) is 0 Å². The maximum atomic E-state index is 4.55. The molecule has 1 unspecified atom stereocenters. The van der Waals surface area contributed by atoms with E-state index in [2.05, 4.69) is 57.4 Å². The first-order valence-electron chi connectivity index (χ1n) is 9.07. The van der Waals surface area contributed by atoms with Crippen molar-refractivity contribution in [1.82, 2.24) is 14.9 Å². The Labute approximate surface area is 145 Å². The van der Waals surface area contributed by atoms with E-state index in [4.69, 9.17) is 0 Å². The summed E-state index contributed by atoms with van der Waals surface area (Å²) in [7, 11) is 0. The monoisotopic (exact) mass is 324 g/mol. The quantitative estimate of drug-likeness (QED) is 0.843. The number of hydrogen-bond acceptors (Lipinski definition) is 4. The summed E-state index contributed by atoms with van der Waals surface area (Å²) in [6.45, 7) is 8.59. The normalized spacial score (nSPS) is 18.0. The van der Waals surface area contributed by atoms with E-state index < -0.39 is 0 Å². The van der Waals surface area contributed by atoms with Crippen LogP contribution < -0.4 is 5.32 Å². The van der Waals surface area contributed by atoms with Gasteiger partial charge in [-0.2, -0.15) is 0 Å². The third-order valence-electron chi connectivity index (χ3n) is 4.83. The van der Waals surface area contributed by atoms with Crippen LogP contribution in [0.4, 0.5) is 5.82 Å². The summed E-state index contributed by atoms with van der Waals surface area (Å²) in [6, 6.07) is 10.8. The average Bonchev–Trinajstić information content (AvgIpc) is 3.03. The lowest BCUT2D eigenvalue weighted by Gasteiger charge is -2.16. The van der Waals surface area contributed by atoms with Gasteiger partial charge >= 0.3 is 0 Å². The second-order valence-corrected chi connectivity index (χ2v) is 6.74. The summed E-state index contributed by atoms with van der Waals surface area (Å²) in [5, 5.41) is 3.53. The van der Waals surface area contributed by atoms with Gasteiger partial charge < -0.3 is 5.32 Å². The molecule has 1 atom stereocenters. The molecule has 1 aromatic carbocycles. The molecule has 1 aliphatic rings. The first-order valence-corrected chi connectivity index (χ1v) is 9.07. The average molecular weight is 324 g/mol. The molecular weight excluding hydrogens is 296 g/mol. The zero-order valence-corrected chi connectivity index (χ0v) is 14.8. The third-order valence-corrected chi connectivity index (χ3v) is 4.83. The molecule has 128 valence electrons. The first kappa shape index (κ1) is 16.9. The fraction of sp³-hybridized carbons (Fsp3) is 0.500. The standard InChI is InChI=1S/C20H28N4/c1-3-19-13-22-16(2)23-20(19)21-11-9-18-10-12-24(15-18)14-17-7-5-4-6-8-17/h4-8,13,18H,3,9-12,14-15H2,1-2H3,(H,21,22,23). The van der Waals surface area contributed by atoms with Crippen molar-refractivity contribution in [2.24, 2.45) is 5.92 Å². The van der Waals surface area contributed by atoms with E-state index in [-0.39, 0.29) is 0 Å². The van der Waals surface area contributed by atoms with Gasteiger partial charge in [0.1, 0.15) is 11.6 Å². The smallest absolute Gasteiger partial charge is 0.132 e. The van der Waals surface area contributed by atoms with Gasteiger partial charge in [-0.1, -0.05) is 37.3 Å². The highest BCUT2D eigenvalue weighted by Gasteiger charge is 2.22. The van der Waals surface area contributed by atoms with Crippen LogP contribution in [0.15, 0.2) is 36.5 Å². The van der Waals surface area contributed by atoms with Crippen molar-refractivity contribution < 1.29 is 0 Å². The fourth-order valence-corrected chi connectivity index (χ4v) is 3.44. The summed E-state index contributed by atoms with van der Waals surface area (Å²) >= 11 is 0. The number of aryl methyl sites for hydroxylation is 2. The summed E-state index contributed by atoms with van der Waals surface area (Å²) in [4.78, 5) is 11.4. The Balaban J connectivity index is 1.44. The van der Waals surface area contributed by atoms with E-state index in [1.54, 1.807) is 0 Å². The van der Waals surface area contributed by atoms with Crippen LogP contribution in [0.1, 0.15) is 36.7 Å². The predicted molar refractivity (Wildman–Crippen MR) is 99.1 cm³/mol. The van der Waals surface area contributed by atoms with Gasteiger partial charge in [-0.05, 0) is 44.2 Å². The second kappa shape index (κ2) is 8.25. The maximum absolute atomic E-state index is 4.55. The molecule has 4 heteroatoms. The number of nitrogens with one attached hydrogen (secondary N) is 1. The highest BCUT2D eigenvalue weighted by atomic mass is 15.1. The molecule has 0 spiro atoms. The van der Waals surface area contributed by atoms with Crippen molar-refractivity contribution in [3.05, 3.63) is 53.5 Å². The number of aromatic nitrogens is 2. The van der Waals surface area contributed by atoms with Crippen LogP contribution in [0.3, 0.4) is 0 Å². The van der Waals surface area contributed by atoms with Gasteiger partial charge in [0.05, 0.1) is 0 Å². The molecule has 0 bridgehead atoms. The van der Waals surface area contributed by atoms with Crippen LogP contribution in [-0.2, 0) is 13.0 Å². The molecule has 1 aliphatic heterocycles. The minimum absolute atomic E-state index is 0.786. The highest BCUT2D eigenvalue weighted by molar-refractivity contribution is 5.42. The molecule has 2 aromatic rings. The molecule has 1 N–H and O–H groups in total. The van der Waals surface area contributed by atoms with Crippen LogP contribution in [0.2, 0.25) is 0 Å². The Morgan fingerprint density at radius 3 is 2.88 bits per heavy atom. The van der Waals surface area contributed by atoms with Crippen molar-refractivity contribution >= 4 is 5.82 Å². The van der Waals surface area contributed by atoms with Crippen LogP contribution in [0, 0.1) is 12.8 Å². The Morgan fingerprint density at radius 2 is 2.08 bits per heavy atom.